The number of piperazine rings is 1. The molecule has 5 heteroatoms. The van der Waals surface area contributed by atoms with Crippen molar-refractivity contribution in [1.82, 2.24) is 20.9 Å². The van der Waals surface area contributed by atoms with E-state index in [4.69, 9.17) is 0 Å². The standard InChI is InChI=1S/C14H28N4O/c1-2-14(5-3-7-17-14)13(19)16-6-4-10-18-11-8-15-9-12-18/h15,17H,2-12H2,1H3,(H,16,19). The van der Waals surface area contributed by atoms with Crippen LogP contribution in [0, 0.1) is 0 Å². The van der Waals surface area contributed by atoms with Crippen LogP contribution in [0.15, 0.2) is 0 Å². The molecule has 0 bridgehead atoms. The molecule has 0 aliphatic carbocycles. The van der Waals surface area contributed by atoms with E-state index in [1.54, 1.807) is 0 Å². The average molecular weight is 268 g/mol. The summed E-state index contributed by atoms with van der Waals surface area (Å²) < 4.78 is 0. The maximum atomic E-state index is 12.3. The van der Waals surface area contributed by atoms with Gasteiger partial charge in [-0.25, -0.2) is 0 Å². The second-order valence-corrected chi connectivity index (χ2v) is 5.67. The molecule has 2 aliphatic rings. The summed E-state index contributed by atoms with van der Waals surface area (Å²) in [5.74, 6) is 0.202. The lowest BCUT2D eigenvalue weighted by molar-refractivity contribution is -0.127. The van der Waals surface area contributed by atoms with Gasteiger partial charge in [0, 0.05) is 32.7 Å². The fourth-order valence-electron chi connectivity index (χ4n) is 3.07. The fourth-order valence-corrected chi connectivity index (χ4v) is 3.07. The number of carbonyl (C=O) groups is 1. The van der Waals surface area contributed by atoms with Crippen LogP contribution in [-0.4, -0.2) is 62.2 Å². The molecule has 0 saturated carbocycles. The van der Waals surface area contributed by atoms with Gasteiger partial charge in [-0.2, -0.15) is 0 Å². The van der Waals surface area contributed by atoms with Gasteiger partial charge in [0.1, 0.15) is 0 Å². The molecule has 5 nitrogen and oxygen atoms in total. The third kappa shape index (κ3) is 3.91. The molecular formula is C14H28N4O. The number of nitrogens with zero attached hydrogens (tertiary/aromatic N) is 1. The van der Waals surface area contributed by atoms with Gasteiger partial charge >= 0.3 is 0 Å². The zero-order valence-corrected chi connectivity index (χ0v) is 12.1. The van der Waals surface area contributed by atoms with Gasteiger partial charge in [-0.05, 0) is 38.8 Å². The first-order chi connectivity index (χ1) is 9.27. The zero-order chi connectivity index (χ0) is 13.6. The van der Waals surface area contributed by atoms with E-state index in [1.807, 2.05) is 0 Å². The summed E-state index contributed by atoms with van der Waals surface area (Å²) in [5, 5.41) is 9.84. The van der Waals surface area contributed by atoms with Gasteiger partial charge in [0.2, 0.25) is 5.91 Å². The average Bonchev–Trinajstić information content (AvgIpc) is 2.94. The van der Waals surface area contributed by atoms with Gasteiger partial charge in [0.05, 0.1) is 5.54 Å². The molecule has 2 fully saturated rings. The lowest BCUT2D eigenvalue weighted by atomic mass is 9.93. The Hall–Kier alpha value is -0.650. The topological polar surface area (TPSA) is 56.4 Å². The highest BCUT2D eigenvalue weighted by Crippen LogP contribution is 2.22. The SMILES string of the molecule is CCC1(C(=O)NCCCN2CCNCC2)CCCN1. The number of carbonyl (C=O) groups excluding carboxylic acids is 1. The molecule has 3 N–H and O–H groups in total. The van der Waals surface area contributed by atoms with Crippen molar-refractivity contribution in [3.63, 3.8) is 0 Å². The first-order valence-electron chi connectivity index (χ1n) is 7.73. The van der Waals surface area contributed by atoms with Crippen molar-refractivity contribution < 1.29 is 4.79 Å². The van der Waals surface area contributed by atoms with Crippen molar-refractivity contribution in [2.24, 2.45) is 0 Å². The van der Waals surface area contributed by atoms with E-state index in [9.17, 15) is 4.79 Å². The van der Waals surface area contributed by atoms with Gasteiger partial charge in [-0.1, -0.05) is 6.92 Å². The van der Waals surface area contributed by atoms with Crippen molar-refractivity contribution >= 4 is 5.91 Å². The molecular weight excluding hydrogens is 240 g/mol. The lowest BCUT2D eigenvalue weighted by Gasteiger charge is -2.28. The second kappa shape index (κ2) is 7.22. The molecule has 1 atom stereocenters. The van der Waals surface area contributed by atoms with Crippen molar-refractivity contribution in [3.8, 4) is 0 Å². The number of amides is 1. The van der Waals surface area contributed by atoms with E-state index < -0.39 is 0 Å². The maximum absolute atomic E-state index is 12.3. The van der Waals surface area contributed by atoms with E-state index >= 15 is 0 Å². The maximum Gasteiger partial charge on any atom is 0.240 e. The predicted octanol–water partition coefficient (Wildman–Crippen LogP) is -0.0699. The van der Waals surface area contributed by atoms with Gasteiger partial charge in [-0.3, -0.25) is 4.79 Å². The summed E-state index contributed by atoms with van der Waals surface area (Å²) in [5.41, 5.74) is -0.283. The minimum Gasteiger partial charge on any atom is -0.354 e. The third-order valence-corrected chi connectivity index (χ3v) is 4.43. The molecule has 2 rings (SSSR count). The Bertz CT molecular complexity index is 283. The molecule has 1 amide bonds. The summed E-state index contributed by atoms with van der Waals surface area (Å²) in [4.78, 5) is 14.7. The Balaban J connectivity index is 1.63. The van der Waals surface area contributed by atoms with E-state index in [0.29, 0.717) is 0 Å². The van der Waals surface area contributed by atoms with Crippen LogP contribution in [0.2, 0.25) is 0 Å². The van der Waals surface area contributed by atoms with Crippen molar-refractivity contribution in [2.75, 3.05) is 45.8 Å². The molecule has 0 aromatic rings. The van der Waals surface area contributed by atoms with Gasteiger partial charge in [0.25, 0.3) is 0 Å². The highest BCUT2D eigenvalue weighted by atomic mass is 16.2. The summed E-state index contributed by atoms with van der Waals surface area (Å²) in [6, 6.07) is 0. The van der Waals surface area contributed by atoms with Crippen LogP contribution in [0.4, 0.5) is 0 Å². The summed E-state index contributed by atoms with van der Waals surface area (Å²) in [6.07, 6.45) is 4.03. The Kier molecular flexibility index (Phi) is 5.60. The van der Waals surface area contributed by atoms with Crippen LogP contribution in [0.3, 0.4) is 0 Å². The third-order valence-electron chi connectivity index (χ3n) is 4.43. The van der Waals surface area contributed by atoms with Crippen LogP contribution in [0.1, 0.15) is 32.6 Å². The number of nitrogens with one attached hydrogen (secondary N) is 3. The largest absolute Gasteiger partial charge is 0.354 e. The first-order valence-corrected chi connectivity index (χ1v) is 7.73. The van der Waals surface area contributed by atoms with E-state index in [-0.39, 0.29) is 11.4 Å². The zero-order valence-electron chi connectivity index (χ0n) is 12.1. The second-order valence-electron chi connectivity index (χ2n) is 5.67. The minimum atomic E-state index is -0.283. The van der Waals surface area contributed by atoms with Crippen molar-refractivity contribution in [1.29, 1.82) is 0 Å². The highest BCUT2D eigenvalue weighted by Gasteiger charge is 2.38. The molecule has 2 heterocycles. The molecule has 0 aromatic heterocycles. The Labute approximate surface area is 116 Å². The number of hydrogen-bond donors (Lipinski definition) is 3. The van der Waals surface area contributed by atoms with E-state index in [2.05, 4.69) is 27.8 Å². The number of hydrogen-bond acceptors (Lipinski definition) is 4. The smallest absolute Gasteiger partial charge is 0.240 e. The molecule has 19 heavy (non-hydrogen) atoms. The van der Waals surface area contributed by atoms with Crippen molar-refractivity contribution in [3.05, 3.63) is 0 Å². The fraction of sp³-hybridized carbons (Fsp3) is 0.929. The summed E-state index contributed by atoms with van der Waals surface area (Å²) >= 11 is 0. The van der Waals surface area contributed by atoms with Gasteiger partial charge in [0.15, 0.2) is 0 Å². The van der Waals surface area contributed by atoms with Crippen LogP contribution >= 0.6 is 0 Å². The van der Waals surface area contributed by atoms with Crippen LogP contribution in [0.25, 0.3) is 0 Å². The predicted molar refractivity (Wildman–Crippen MR) is 77.2 cm³/mol. The molecule has 2 aliphatic heterocycles. The van der Waals surface area contributed by atoms with E-state index in [1.165, 1.54) is 0 Å². The quantitative estimate of drug-likeness (QED) is 0.590. The minimum absolute atomic E-state index is 0.202. The van der Waals surface area contributed by atoms with Gasteiger partial charge < -0.3 is 20.9 Å². The monoisotopic (exact) mass is 268 g/mol. The molecule has 2 saturated heterocycles. The summed E-state index contributed by atoms with van der Waals surface area (Å²) in [7, 11) is 0. The lowest BCUT2D eigenvalue weighted by Crippen LogP contribution is -2.53. The van der Waals surface area contributed by atoms with Crippen LogP contribution < -0.4 is 16.0 Å². The normalized spacial score (nSPS) is 28.5. The van der Waals surface area contributed by atoms with Crippen molar-refractivity contribution in [2.45, 2.75) is 38.1 Å². The molecule has 0 aromatic carbocycles. The Morgan fingerprint density at radius 2 is 2.11 bits per heavy atom. The molecule has 110 valence electrons. The Morgan fingerprint density at radius 3 is 2.74 bits per heavy atom. The molecule has 1 unspecified atom stereocenters. The number of rotatable bonds is 6. The summed E-state index contributed by atoms with van der Waals surface area (Å²) in [6.45, 7) is 9.41. The highest BCUT2D eigenvalue weighted by molar-refractivity contribution is 5.86. The molecule has 0 radical (unpaired) electrons. The molecule has 0 spiro atoms. The van der Waals surface area contributed by atoms with Crippen LogP contribution in [-0.2, 0) is 4.79 Å². The van der Waals surface area contributed by atoms with E-state index in [0.717, 1.165) is 71.5 Å². The van der Waals surface area contributed by atoms with Crippen LogP contribution in [0.5, 0.6) is 0 Å². The Morgan fingerprint density at radius 1 is 1.32 bits per heavy atom. The van der Waals surface area contributed by atoms with Gasteiger partial charge in [-0.15, -0.1) is 0 Å². The first kappa shape index (κ1) is 14.8.